The summed E-state index contributed by atoms with van der Waals surface area (Å²) in [6, 6.07) is 0. The van der Waals surface area contributed by atoms with Gasteiger partial charge in [0, 0.05) is 0 Å². The van der Waals surface area contributed by atoms with Gasteiger partial charge < -0.3 is 0 Å². The number of unbranched alkanes of at least 4 members (excludes halogenated alkanes) is 1. The third kappa shape index (κ3) is 5.00. The number of hydrogen-bond acceptors (Lipinski definition) is 1. The van der Waals surface area contributed by atoms with Crippen molar-refractivity contribution in [1.82, 2.24) is 0 Å². The summed E-state index contributed by atoms with van der Waals surface area (Å²) in [6.07, 6.45) is 7.38. The van der Waals surface area contributed by atoms with Gasteiger partial charge in [-0.15, -0.1) is 6.58 Å². The summed E-state index contributed by atoms with van der Waals surface area (Å²) in [7, 11) is 0. The van der Waals surface area contributed by atoms with Crippen molar-refractivity contribution in [3.63, 3.8) is 0 Å². The van der Waals surface area contributed by atoms with E-state index in [9.17, 15) is 4.79 Å². The standard InChI is InChI=1S/C13H22O/c1-5-7-8-12(6-2)9-13(10-14)11(3)4/h6,10,12H,2,5,7-9H2,1,3-4H3. The molecule has 1 atom stereocenters. The van der Waals surface area contributed by atoms with E-state index >= 15 is 0 Å². The summed E-state index contributed by atoms with van der Waals surface area (Å²) < 4.78 is 0. The summed E-state index contributed by atoms with van der Waals surface area (Å²) in [5, 5.41) is 0. The molecular formula is C13H22O. The molecule has 0 aromatic heterocycles. The number of carbonyl (C=O) groups excluding carboxylic acids is 1. The smallest absolute Gasteiger partial charge is 0.145 e. The van der Waals surface area contributed by atoms with Crippen molar-refractivity contribution in [2.24, 2.45) is 5.92 Å². The largest absolute Gasteiger partial charge is 0.298 e. The Hall–Kier alpha value is -0.850. The Morgan fingerprint density at radius 3 is 2.43 bits per heavy atom. The molecule has 0 heterocycles. The summed E-state index contributed by atoms with van der Waals surface area (Å²) in [5.74, 6) is 0.463. The van der Waals surface area contributed by atoms with Crippen molar-refractivity contribution in [2.45, 2.75) is 46.5 Å². The van der Waals surface area contributed by atoms with Gasteiger partial charge in [-0.2, -0.15) is 0 Å². The minimum absolute atomic E-state index is 0.463. The third-order valence-corrected chi connectivity index (χ3v) is 2.53. The predicted molar refractivity (Wildman–Crippen MR) is 62.3 cm³/mol. The first kappa shape index (κ1) is 13.2. The van der Waals surface area contributed by atoms with Gasteiger partial charge >= 0.3 is 0 Å². The van der Waals surface area contributed by atoms with Gasteiger partial charge in [0.2, 0.25) is 0 Å². The minimum Gasteiger partial charge on any atom is -0.298 e. The van der Waals surface area contributed by atoms with Crippen LogP contribution in [0.1, 0.15) is 46.5 Å². The number of rotatable bonds is 7. The van der Waals surface area contributed by atoms with E-state index in [4.69, 9.17) is 0 Å². The second-order valence-corrected chi connectivity index (χ2v) is 3.99. The van der Waals surface area contributed by atoms with Gasteiger partial charge in [0.1, 0.15) is 6.29 Å². The first-order valence-corrected chi connectivity index (χ1v) is 5.39. The highest BCUT2D eigenvalue weighted by atomic mass is 16.1. The van der Waals surface area contributed by atoms with Crippen molar-refractivity contribution < 1.29 is 4.79 Å². The molecule has 1 unspecified atom stereocenters. The van der Waals surface area contributed by atoms with Crippen LogP contribution in [0.2, 0.25) is 0 Å². The lowest BCUT2D eigenvalue weighted by molar-refractivity contribution is -0.105. The molecule has 14 heavy (non-hydrogen) atoms. The molecule has 80 valence electrons. The monoisotopic (exact) mass is 194 g/mol. The van der Waals surface area contributed by atoms with Crippen LogP contribution in [-0.2, 0) is 4.79 Å². The van der Waals surface area contributed by atoms with Gasteiger partial charge in [-0.3, -0.25) is 4.79 Å². The van der Waals surface area contributed by atoms with Crippen molar-refractivity contribution in [1.29, 1.82) is 0 Å². The Bertz CT molecular complexity index is 209. The van der Waals surface area contributed by atoms with Crippen molar-refractivity contribution >= 4 is 6.29 Å². The van der Waals surface area contributed by atoms with Gasteiger partial charge in [-0.05, 0) is 38.2 Å². The number of allylic oxidation sites excluding steroid dienone is 3. The second kappa shape index (κ2) is 7.54. The molecule has 1 nitrogen and oxygen atoms in total. The zero-order valence-electron chi connectivity index (χ0n) is 9.68. The molecule has 0 amide bonds. The molecule has 0 aromatic carbocycles. The lowest BCUT2D eigenvalue weighted by atomic mass is 9.93. The SMILES string of the molecule is C=CC(CCCC)CC(C=O)=C(C)C. The Labute approximate surface area is 87.9 Å². The van der Waals surface area contributed by atoms with Gasteiger partial charge in [0.05, 0.1) is 0 Å². The molecule has 1 heteroatoms. The first-order valence-electron chi connectivity index (χ1n) is 5.39. The molecular weight excluding hydrogens is 172 g/mol. The van der Waals surface area contributed by atoms with E-state index in [0.717, 1.165) is 30.3 Å². The maximum atomic E-state index is 10.8. The van der Waals surface area contributed by atoms with E-state index in [0.29, 0.717) is 5.92 Å². The van der Waals surface area contributed by atoms with E-state index in [-0.39, 0.29) is 0 Å². The van der Waals surface area contributed by atoms with Crippen LogP contribution in [0.15, 0.2) is 23.8 Å². The van der Waals surface area contributed by atoms with Gasteiger partial charge in [0.15, 0.2) is 0 Å². The highest BCUT2D eigenvalue weighted by Crippen LogP contribution is 2.19. The highest BCUT2D eigenvalue weighted by Gasteiger charge is 2.07. The van der Waals surface area contributed by atoms with Gasteiger partial charge in [0.25, 0.3) is 0 Å². The summed E-state index contributed by atoms with van der Waals surface area (Å²) >= 11 is 0. The number of hydrogen-bond donors (Lipinski definition) is 0. The molecule has 0 bridgehead atoms. The molecule has 0 radical (unpaired) electrons. The number of carbonyl (C=O) groups is 1. The predicted octanol–water partition coefficient (Wildman–Crippen LogP) is 3.90. The molecule has 0 spiro atoms. The fourth-order valence-electron chi connectivity index (χ4n) is 1.42. The number of aldehydes is 1. The molecule has 0 fully saturated rings. The van der Waals surface area contributed by atoms with E-state index in [1.165, 1.54) is 12.8 Å². The van der Waals surface area contributed by atoms with Crippen LogP contribution in [0.3, 0.4) is 0 Å². The molecule has 0 rings (SSSR count). The summed E-state index contributed by atoms with van der Waals surface area (Å²) in [6.45, 7) is 9.98. The van der Waals surface area contributed by atoms with Crippen LogP contribution in [0.25, 0.3) is 0 Å². The van der Waals surface area contributed by atoms with Crippen LogP contribution in [-0.4, -0.2) is 6.29 Å². The lowest BCUT2D eigenvalue weighted by Crippen LogP contribution is -2.00. The van der Waals surface area contributed by atoms with Crippen molar-refractivity contribution in [2.75, 3.05) is 0 Å². The fourth-order valence-corrected chi connectivity index (χ4v) is 1.42. The second-order valence-electron chi connectivity index (χ2n) is 3.99. The zero-order chi connectivity index (χ0) is 11.0. The maximum Gasteiger partial charge on any atom is 0.145 e. The van der Waals surface area contributed by atoms with E-state index in [1.807, 2.05) is 19.9 Å². The van der Waals surface area contributed by atoms with Crippen LogP contribution in [0, 0.1) is 5.92 Å². The maximum absolute atomic E-state index is 10.8. The van der Waals surface area contributed by atoms with Gasteiger partial charge in [-0.25, -0.2) is 0 Å². The normalized spacial score (nSPS) is 11.9. The molecule has 0 aliphatic rings. The Morgan fingerprint density at radius 1 is 1.43 bits per heavy atom. The molecule has 0 saturated carbocycles. The van der Waals surface area contributed by atoms with E-state index in [1.54, 1.807) is 0 Å². The molecule has 0 saturated heterocycles. The first-order chi connectivity index (χ1) is 6.65. The molecule has 0 aliphatic heterocycles. The van der Waals surface area contributed by atoms with Gasteiger partial charge in [-0.1, -0.05) is 31.4 Å². The fraction of sp³-hybridized carbons (Fsp3) is 0.615. The molecule has 0 N–H and O–H groups in total. The lowest BCUT2D eigenvalue weighted by Gasteiger charge is -2.12. The van der Waals surface area contributed by atoms with Crippen LogP contribution in [0.4, 0.5) is 0 Å². The Balaban J connectivity index is 4.22. The average Bonchev–Trinajstić information content (AvgIpc) is 2.18. The summed E-state index contributed by atoms with van der Waals surface area (Å²) in [4.78, 5) is 10.8. The Morgan fingerprint density at radius 2 is 2.07 bits per heavy atom. The average molecular weight is 194 g/mol. The third-order valence-electron chi connectivity index (χ3n) is 2.53. The summed E-state index contributed by atoms with van der Waals surface area (Å²) in [5.41, 5.74) is 2.06. The molecule has 0 aromatic rings. The van der Waals surface area contributed by atoms with Crippen LogP contribution < -0.4 is 0 Å². The van der Waals surface area contributed by atoms with E-state index < -0.39 is 0 Å². The van der Waals surface area contributed by atoms with Crippen LogP contribution >= 0.6 is 0 Å². The molecule has 0 aliphatic carbocycles. The minimum atomic E-state index is 0.463. The van der Waals surface area contributed by atoms with Crippen molar-refractivity contribution in [3.05, 3.63) is 23.8 Å². The quantitative estimate of drug-likeness (QED) is 0.341. The van der Waals surface area contributed by atoms with Crippen LogP contribution in [0.5, 0.6) is 0 Å². The van der Waals surface area contributed by atoms with Crippen molar-refractivity contribution in [3.8, 4) is 0 Å². The highest BCUT2D eigenvalue weighted by molar-refractivity contribution is 5.74. The topological polar surface area (TPSA) is 17.1 Å². The Kier molecular flexibility index (Phi) is 7.09. The van der Waals surface area contributed by atoms with E-state index in [2.05, 4.69) is 13.5 Å². The zero-order valence-corrected chi connectivity index (χ0v) is 9.68.